The average molecular weight is 353 g/mol. The van der Waals surface area contributed by atoms with Gasteiger partial charge in [-0.15, -0.1) is 0 Å². The lowest BCUT2D eigenvalue weighted by atomic mass is 10.2. The van der Waals surface area contributed by atoms with Crippen molar-refractivity contribution in [1.29, 1.82) is 0 Å². The molecule has 2 rings (SSSR count). The van der Waals surface area contributed by atoms with E-state index in [1.807, 2.05) is 5.32 Å². The zero-order valence-electron chi connectivity index (χ0n) is 13.2. The first-order valence-corrected chi connectivity index (χ1v) is 9.28. The van der Waals surface area contributed by atoms with Gasteiger partial charge in [0, 0.05) is 23.8 Å². The fraction of sp³-hybridized carbons (Fsp3) is 0.400. The standard InChI is InChI=1S/C15H19N3O5S/c1-2-18(12-7-8-24(22,23)9-12)15(21)14(20)17-13(19)10-3-5-11(16)6-4-10/h3-6,12H,2,7-9,16H2,1H3,(H,17,19,20). The van der Waals surface area contributed by atoms with E-state index in [0.717, 1.165) is 0 Å². The Morgan fingerprint density at radius 3 is 2.38 bits per heavy atom. The summed E-state index contributed by atoms with van der Waals surface area (Å²) in [4.78, 5) is 37.4. The van der Waals surface area contributed by atoms with E-state index in [1.165, 1.54) is 29.2 Å². The van der Waals surface area contributed by atoms with E-state index in [1.54, 1.807) is 6.92 Å². The quantitative estimate of drug-likeness (QED) is 0.560. The highest BCUT2D eigenvalue weighted by atomic mass is 32.2. The number of nitrogen functional groups attached to an aromatic ring is 1. The number of imide groups is 1. The van der Waals surface area contributed by atoms with Gasteiger partial charge in [-0.2, -0.15) is 0 Å². The Bertz CT molecular complexity index is 758. The van der Waals surface area contributed by atoms with Crippen LogP contribution in [-0.4, -0.2) is 55.1 Å². The molecule has 1 saturated heterocycles. The van der Waals surface area contributed by atoms with Crippen molar-refractivity contribution in [3.8, 4) is 0 Å². The van der Waals surface area contributed by atoms with Crippen molar-refractivity contribution in [3.63, 3.8) is 0 Å². The zero-order chi connectivity index (χ0) is 17.9. The predicted octanol–water partition coefficient (Wildman–Crippen LogP) is -0.439. The normalized spacial score (nSPS) is 18.8. The molecule has 1 aliphatic rings. The van der Waals surface area contributed by atoms with Crippen LogP contribution in [-0.2, 0) is 19.4 Å². The van der Waals surface area contributed by atoms with Crippen LogP contribution in [0.3, 0.4) is 0 Å². The zero-order valence-corrected chi connectivity index (χ0v) is 14.0. The largest absolute Gasteiger partial charge is 0.399 e. The maximum absolute atomic E-state index is 12.2. The van der Waals surface area contributed by atoms with Gasteiger partial charge in [0.15, 0.2) is 9.84 Å². The summed E-state index contributed by atoms with van der Waals surface area (Å²) in [6.45, 7) is 1.83. The molecule has 1 aromatic rings. The van der Waals surface area contributed by atoms with Gasteiger partial charge in [-0.1, -0.05) is 0 Å². The summed E-state index contributed by atoms with van der Waals surface area (Å²) in [5.74, 6) is -2.88. The molecule has 0 aromatic heterocycles. The number of carbonyl (C=O) groups excluding carboxylic acids is 3. The number of hydrogen-bond acceptors (Lipinski definition) is 6. The minimum Gasteiger partial charge on any atom is -0.399 e. The molecule has 3 amide bonds. The number of benzene rings is 1. The lowest BCUT2D eigenvalue weighted by molar-refractivity contribution is -0.146. The average Bonchev–Trinajstić information content (AvgIpc) is 2.88. The Kier molecular flexibility index (Phi) is 5.23. The summed E-state index contributed by atoms with van der Waals surface area (Å²) in [6, 6.07) is 5.34. The van der Waals surface area contributed by atoms with Crippen LogP contribution in [0.25, 0.3) is 0 Å². The van der Waals surface area contributed by atoms with Crippen LogP contribution in [0.4, 0.5) is 5.69 Å². The topological polar surface area (TPSA) is 127 Å². The Balaban J connectivity index is 2.03. The van der Waals surface area contributed by atoms with Gasteiger partial charge in [0.2, 0.25) is 0 Å². The van der Waals surface area contributed by atoms with Crippen LogP contribution in [0.5, 0.6) is 0 Å². The first kappa shape index (κ1) is 17.9. The second kappa shape index (κ2) is 7.00. The molecule has 9 heteroatoms. The smallest absolute Gasteiger partial charge is 0.316 e. The summed E-state index contributed by atoms with van der Waals surface area (Å²) in [5.41, 5.74) is 6.18. The minimum atomic E-state index is -3.18. The van der Waals surface area contributed by atoms with Crippen LogP contribution in [0.1, 0.15) is 23.7 Å². The van der Waals surface area contributed by atoms with Crippen LogP contribution < -0.4 is 11.1 Å². The lowest BCUT2D eigenvalue weighted by Gasteiger charge is -2.25. The SMILES string of the molecule is CCN(C(=O)C(=O)NC(=O)c1ccc(N)cc1)C1CCS(=O)(=O)C1. The number of amides is 3. The molecule has 0 aliphatic carbocycles. The fourth-order valence-electron chi connectivity index (χ4n) is 2.58. The van der Waals surface area contributed by atoms with E-state index in [4.69, 9.17) is 5.73 Å². The van der Waals surface area contributed by atoms with Crippen molar-refractivity contribution in [1.82, 2.24) is 10.2 Å². The maximum atomic E-state index is 12.2. The number of nitrogens with zero attached hydrogens (tertiary/aromatic N) is 1. The molecule has 1 aromatic carbocycles. The van der Waals surface area contributed by atoms with Gasteiger partial charge in [0.1, 0.15) is 0 Å². The summed E-state index contributed by atoms with van der Waals surface area (Å²) in [6.07, 6.45) is 0.293. The Morgan fingerprint density at radius 2 is 1.88 bits per heavy atom. The highest BCUT2D eigenvalue weighted by molar-refractivity contribution is 7.91. The fourth-order valence-corrected chi connectivity index (χ4v) is 4.31. The maximum Gasteiger partial charge on any atom is 0.316 e. The monoisotopic (exact) mass is 353 g/mol. The Morgan fingerprint density at radius 1 is 1.25 bits per heavy atom. The highest BCUT2D eigenvalue weighted by Crippen LogP contribution is 2.17. The number of rotatable bonds is 3. The van der Waals surface area contributed by atoms with E-state index >= 15 is 0 Å². The van der Waals surface area contributed by atoms with Crippen molar-refractivity contribution in [2.45, 2.75) is 19.4 Å². The molecule has 1 fully saturated rings. The summed E-state index contributed by atoms with van der Waals surface area (Å²) in [7, 11) is -3.18. The predicted molar refractivity (Wildman–Crippen MR) is 87.8 cm³/mol. The minimum absolute atomic E-state index is 0.00651. The molecule has 1 unspecified atom stereocenters. The molecule has 8 nitrogen and oxygen atoms in total. The van der Waals surface area contributed by atoms with Crippen molar-refractivity contribution in [3.05, 3.63) is 29.8 Å². The lowest BCUT2D eigenvalue weighted by Crippen LogP contribution is -2.49. The molecule has 0 bridgehead atoms. The van der Waals surface area contributed by atoms with E-state index in [2.05, 4.69) is 0 Å². The molecule has 1 heterocycles. The summed E-state index contributed by atoms with van der Waals surface area (Å²) < 4.78 is 23.1. The first-order chi connectivity index (χ1) is 11.2. The van der Waals surface area contributed by atoms with E-state index in [0.29, 0.717) is 12.1 Å². The van der Waals surface area contributed by atoms with Gasteiger partial charge in [-0.05, 0) is 37.6 Å². The van der Waals surface area contributed by atoms with Gasteiger partial charge in [-0.3, -0.25) is 19.7 Å². The van der Waals surface area contributed by atoms with Crippen LogP contribution in [0, 0.1) is 0 Å². The number of nitrogens with two attached hydrogens (primary N) is 1. The third-order valence-corrected chi connectivity index (χ3v) is 5.60. The van der Waals surface area contributed by atoms with Gasteiger partial charge >= 0.3 is 11.8 Å². The molecule has 1 aliphatic heterocycles. The van der Waals surface area contributed by atoms with Crippen molar-refractivity contribution in [2.75, 3.05) is 23.8 Å². The molecule has 0 saturated carbocycles. The van der Waals surface area contributed by atoms with Gasteiger partial charge < -0.3 is 10.6 Å². The molecule has 3 N–H and O–H groups in total. The van der Waals surface area contributed by atoms with Gasteiger partial charge in [0.25, 0.3) is 5.91 Å². The summed E-state index contributed by atoms with van der Waals surface area (Å²) >= 11 is 0. The van der Waals surface area contributed by atoms with Crippen molar-refractivity contribution < 1.29 is 22.8 Å². The van der Waals surface area contributed by atoms with Gasteiger partial charge in [0.05, 0.1) is 11.5 Å². The van der Waals surface area contributed by atoms with Gasteiger partial charge in [-0.25, -0.2) is 8.42 Å². The number of hydrogen-bond donors (Lipinski definition) is 2. The number of nitrogens with one attached hydrogen (secondary N) is 1. The first-order valence-electron chi connectivity index (χ1n) is 7.45. The van der Waals surface area contributed by atoms with E-state index in [9.17, 15) is 22.8 Å². The second-order valence-electron chi connectivity index (χ2n) is 5.55. The molecule has 0 radical (unpaired) electrons. The highest BCUT2D eigenvalue weighted by Gasteiger charge is 2.36. The van der Waals surface area contributed by atoms with Crippen molar-refractivity contribution in [2.24, 2.45) is 0 Å². The summed E-state index contributed by atoms with van der Waals surface area (Å²) in [5, 5.41) is 2.02. The Labute approximate surface area is 139 Å². The number of likely N-dealkylation sites (N-methyl/N-ethyl adjacent to an activating group) is 1. The number of anilines is 1. The molecule has 1 atom stereocenters. The number of carbonyl (C=O) groups is 3. The van der Waals surface area contributed by atoms with Crippen LogP contribution in [0.2, 0.25) is 0 Å². The van der Waals surface area contributed by atoms with E-state index in [-0.39, 0.29) is 23.6 Å². The molecule has 0 spiro atoms. The van der Waals surface area contributed by atoms with Crippen LogP contribution in [0.15, 0.2) is 24.3 Å². The van der Waals surface area contributed by atoms with E-state index < -0.39 is 33.6 Å². The molecule has 24 heavy (non-hydrogen) atoms. The second-order valence-corrected chi connectivity index (χ2v) is 7.78. The molecular weight excluding hydrogens is 334 g/mol. The Hall–Kier alpha value is -2.42. The third kappa shape index (κ3) is 4.10. The van der Waals surface area contributed by atoms with Crippen LogP contribution >= 0.6 is 0 Å². The van der Waals surface area contributed by atoms with Crippen molar-refractivity contribution >= 4 is 33.2 Å². The number of sulfone groups is 1. The molecular formula is C15H19N3O5S. The third-order valence-electron chi connectivity index (χ3n) is 3.84. The molecule has 130 valence electrons.